The topological polar surface area (TPSA) is 12.5 Å². The van der Waals surface area contributed by atoms with Crippen LogP contribution in [0.2, 0.25) is 0 Å². The maximum Gasteiger partial charge on any atom is 0.0957 e. The van der Waals surface area contributed by atoms with Gasteiger partial charge in [-0.15, -0.1) is 0 Å². The Morgan fingerprint density at radius 2 is 1.31 bits per heavy atom. The minimum absolute atomic E-state index is 0.437. The number of ether oxygens (including phenoxy) is 1. The summed E-state index contributed by atoms with van der Waals surface area (Å²) >= 11 is 0. The van der Waals surface area contributed by atoms with Gasteiger partial charge in [0.25, 0.3) is 0 Å². The molecule has 0 N–H and O–H groups in total. The quantitative estimate of drug-likeness (QED) is 0.406. The van der Waals surface area contributed by atoms with Crippen molar-refractivity contribution in [3.8, 4) is 0 Å². The number of epoxide rings is 1. The first kappa shape index (κ1) is 7.57. The number of rotatable bonds is 0. The van der Waals surface area contributed by atoms with E-state index in [0.717, 1.165) is 0 Å². The number of fused-ring (bicyclic) bond motifs is 1. The minimum atomic E-state index is 0.437. The van der Waals surface area contributed by atoms with Crippen molar-refractivity contribution >= 4 is 0 Å². The van der Waals surface area contributed by atoms with Gasteiger partial charge in [-0.1, -0.05) is 24.3 Å². The van der Waals surface area contributed by atoms with Gasteiger partial charge < -0.3 is 4.74 Å². The van der Waals surface area contributed by atoms with E-state index in [9.17, 15) is 0 Å². The molecule has 2 fully saturated rings. The summed E-state index contributed by atoms with van der Waals surface area (Å²) in [5.74, 6) is 0.894. The lowest BCUT2D eigenvalue weighted by Crippen LogP contribution is -2.35. The second-order valence-electron chi connectivity index (χ2n) is 4.44. The van der Waals surface area contributed by atoms with E-state index in [1.54, 1.807) is 0 Å². The summed E-state index contributed by atoms with van der Waals surface area (Å²) in [6, 6.07) is 0. The molecule has 0 aromatic rings. The van der Waals surface area contributed by atoms with Crippen LogP contribution in [-0.4, -0.2) is 12.2 Å². The zero-order chi connectivity index (χ0) is 9.33. The summed E-state index contributed by atoms with van der Waals surface area (Å²) in [4.78, 5) is 0. The van der Waals surface area contributed by atoms with Gasteiger partial charge in [-0.05, 0) is 25.0 Å². The Bertz CT molecular complexity index is 327. The Kier molecular flexibility index (Phi) is 1.15. The first-order chi connectivity index (χ1) is 6.13. The zero-order valence-corrected chi connectivity index (χ0v) is 8.13. The van der Waals surface area contributed by atoms with Crippen LogP contribution in [-0.2, 0) is 4.74 Å². The van der Waals surface area contributed by atoms with Crippen molar-refractivity contribution in [2.75, 3.05) is 0 Å². The molecular weight excluding hydrogens is 160 g/mol. The fourth-order valence-electron chi connectivity index (χ4n) is 2.97. The van der Waals surface area contributed by atoms with E-state index in [0.29, 0.717) is 24.0 Å². The van der Waals surface area contributed by atoms with Crippen LogP contribution in [0.3, 0.4) is 0 Å². The third-order valence-electron chi connectivity index (χ3n) is 3.94. The highest BCUT2D eigenvalue weighted by atomic mass is 16.6. The minimum Gasteiger partial charge on any atom is -0.368 e. The molecule has 4 aliphatic rings. The van der Waals surface area contributed by atoms with Crippen molar-refractivity contribution in [3.63, 3.8) is 0 Å². The zero-order valence-electron chi connectivity index (χ0n) is 8.13. The van der Waals surface area contributed by atoms with Crippen LogP contribution in [0, 0.1) is 11.8 Å². The smallest absolute Gasteiger partial charge is 0.0957 e. The summed E-state index contributed by atoms with van der Waals surface area (Å²) < 4.78 is 5.68. The molecule has 4 rings (SSSR count). The highest BCUT2D eigenvalue weighted by Gasteiger charge is 2.60. The van der Waals surface area contributed by atoms with Crippen molar-refractivity contribution in [2.45, 2.75) is 26.1 Å². The van der Waals surface area contributed by atoms with Crippen molar-refractivity contribution < 1.29 is 4.74 Å². The molecule has 1 heteroatoms. The van der Waals surface area contributed by atoms with Gasteiger partial charge in [0.15, 0.2) is 0 Å². The molecule has 1 nitrogen and oxygen atoms in total. The molecule has 4 atom stereocenters. The van der Waals surface area contributed by atoms with Gasteiger partial charge in [0.05, 0.1) is 12.2 Å². The summed E-state index contributed by atoms with van der Waals surface area (Å²) in [5.41, 5.74) is 5.38. The average Bonchev–Trinajstić information content (AvgIpc) is 2.82. The maximum atomic E-state index is 5.68. The third-order valence-corrected chi connectivity index (χ3v) is 3.94. The maximum absolute atomic E-state index is 5.68. The van der Waals surface area contributed by atoms with Crippen LogP contribution < -0.4 is 0 Å². The van der Waals surface area contributed by atoms with Crippen LogP contribution in [0.15, 0.2) is 35.5 Å². The first-order valence-corrected chi connectivity index (χ1v) is 4.83. The standard InChI is InChI=1S/C12H14O/c1-5-6(2)10-8(4)7(3)9(5)11-12(10)13-11/h9-12H,1-2H2,3-4H3/t9-,10+,11+,12-. The summed E-state index contributed by atoms with van der Waals surface area (Å²) in [7, 11) is 0. The van der Waals surface area contributed by atoms with Gasteiger partial charge in [0, 0.05) is 11.8 Å². The molecule has 3 aliphatic carbocycles. The van der Waals surface area contributed by atoms with Crippen molar-refractivity contribution in [1.82, 2.24) is 0 Å². The predicted molar refractivity (Wildman–Crippen MR) is 52.3 cm³/mol. The molecule has 0 amide bonds. The third kappa shape index (κ3) is 0.682. The van der Waals surface area contributed by atoms with Crippen LogP contribution in [0.25, 0.3) is 0 Å². The molecule has 1 saturated carbocycles. The molecule has 2 bridgehead atoms. The van der Waals surface area contributed by atoms with E-state index in [2.05, 4.69) is 27.0 Å². The van der Waals surface area contributed by atoms with Crippen LogP contribution in [0.1, 0.15) is 13.8 Å². The molecule has 0 aromatic carbocycles. The van der Waals surface area contributed by atoms with Crippen molar-refractivity contribution in [3.05, 3.63) is 35.5 Å². The lowest BCUT2D eigenvalue weighted by atomic mass is 9.63. The van der Waals surface area contributed by atoms with Gasteiger partial charge in [0.1, 0.15) is 0 Å². The van der Waals surface area contributed by atoms with E-state index >= 15 is 0 Å². The summed E-state index contributed by atoms with van der Waals surface area (Å²) in [5, 5.41) is 0. The van der Waals surface area contributed by atoms with Gasteiger partial charge >= 0.3 is 0 Å². The second kappa shape index (κ2) is 1.98. The molecule has 0 aromatic heterocycles. The molecular formula is C12H14O. The molecule has 1 saturated heterocycles. The van der Waals surface area contributed by atoms with E-state index in [1.807, 2.05) is 0 Å². The summed E-state index contributed by atoms with van der Waals surface area (Å²) in [6.45, 7) is 12.7. The first-order valence-electron chi connectivity index (χ1n) is 4.83. The predicted octanol–water partition coefficient (Wildman–Crippen LogP) is 2.46. The normalized spacial score (nSPS) is 46.9. The average molecular weight is 174 g/mol. The van der Waals surface area contributed by atoms with E-state index in [4.69, 9.17) is 4.74 Å². The lowest BCUT2D eigenvalue weighted by molar-refractivity contribution is 0.352. The molecule has 13 heavy (non-hydrogen) atoms. The molecule has 68 valence electrons. The largest absolute Gasteiger partial charge is 0.368 e. The molecule has 0 radical (unpaired) electrons. The molecule has 1 heterocycles. The van der Waals surface area contributed by atoms with Gasteiger partial charge in [0.2, 0.25) is 0 Å². The highest BCUT2D eigenvalue weighted by molar-refractivity contribution is 5.53. The Labute approximate surface area is 78.8 Å². The Balaban J connectivity index is 2.22. The number of hydrogen-bond acceptors (Lipinski definition) is 1. The van der Waals surface area contributed by atoms with Crippen molar-refractivity contribution in [2.24, 2.45) is 11.8 Å². The van der Waals surface area contributed by atoms with Crippen LogP contribution in [0.5, 0.6) is 0 Å². The Morgan fingerprint density at radius 1 is 0.923 bits per heavy atom. The fraction of sp³-hybridized carbons (Fsp3) is 0.500. The van der Waals surface area contributed by atoms with Crippen LogP contribution >= 0.6 is 0 Å². The Morgan fingerprint density at radius 3 is 1.69 bits per heavy atom. The fourth-order valence-corrected chi connectivity index (χ4v) is 2.97. The Hall–Kier alpha value is -0.820. The lowest BCUT2D eigenvalue weighted by Gasteiger charge is -2.38. The molecule has 0 spiro atoms. The number of hydrogen-bond donors (Lipinski definition) is 0. The van der Waals surface area contributed by atoms with E-state index < -0.39 is 0 Å². The SMILES string of the molecule is C=C1C(=C)[C@@H]2C(C)=C(C)[C@H]1[C@H]1O[C@@H]21. The molecule has 1 aliphatic heterocycles. The van der Waals surface area contributed by atoms with Gasteiger partial charge in [-0.2, -0.15) is 0 Å². The highest BCUT2D eigenvalue weighted by Crippen LogP contribution is 2.58. The molecule has 0 unspecified atom stereocenters. The monoisotopic (exact) mass is 174 g/mol. The van der Waals surface area contributed by atoms with E-state index in [-0.39, 0.29) is 0 Å². The van der Waals surface area contributed by atoms with Gasteiger partial charge in [-0.3, -0.25) is 0 Å². The second-order valence-corrected chi connectivity index (χ2v) is 4.44. The van der Waals surface area contributed by atoms with Gasteiger partial charge in [-0.25, -0.2) is 0 Å². The summed E-state index contributed by atoms with van der Waals surface area (Å²) in [6.07, 6.45) is 0.874. The van der Waals surface area contributed by atoms with Crippen molar-refractivity contribution in [1.29, 1.82) is 0 Å². The van der Waals surface area contributed by atoms with E-state index in [1.165, 1.54) is 22.3 Å². The van der Waals surface area contributed by atoms with Crippen LogP contribution in [0.4, 0.5) is 0 Å².